The Morgan fingerprint density at radius 2 is 1.94 bits per heavy atom. The highest BCUT2D eigenvalue weighted by Crippen LogP contribution is 2.48. The second-order valence-corrected chi connectivity index (χ2v) is 11.7. The molecule has 4 rings (SSSR count). The van der Waals surface area contributed by atoms with Crippen LogP contribution in [0, 0.1) is 5.41 Å². The summed E-state index contributed by atoms with van der Waals surface area (Å²) in [6, 6.07) is 9.86. The molecular weight excluding hydrogens is 514 g/mol. The first-order valence-corrected chi connectivity index (χ1v) is 13.1. The second kappa shape index (κ2) is 9.70. The van der Waals surface area contributed by atoms with E-state index in [4.69, 9.17) is 9.47 Å². The summed E-state index contributed by atoms with van der Waals surface area (Å²) in [4.78, 5) is 28.5. The zero-order valence-corrected chi connectivity index (χ0v) is 22.6. The monoisotopic (exact) mass is 543 g/mol. The van der Waals surface area contributed by atoms with Crippen LogP contribution in [0.1, 0.15) is 61.8 Å². The van der Waals surface area contributed by atoms with Gasteiger partial charge in [-0.3, -0.25) is 4.79 Å². The molecule has 0 spiro atoms. The van der Waals surface area contributed by atoms with E-state index in [-0.39, 0.29) is 11.2 Å². The number of hydrogen-bond donors (Lipinski definition) is 1. The number of ketones is 1. The molecule has 0 fully saturated rings. The van der Waals surface area contributed by atoms with Crippen molar-refractivity contribution in [3.8, 4) is 5.75 Å². The normalized spacial score (nSPS) is 19.6. The average molecular weight is 545 g/mol. The Morgan fingerprint density at radius 3 is 2.59 bits per heavy atom. The molecule has 0 amide bonds. The smallest absolute Gasteiger partial charge is 0.336 e. The van der Waals surface area contributed by atoms with Crippen molar-refractivity contribution in [2.75, 3.05) is 7.11 Å². The minimum absolute atomic E-state index is 0.0942. The molecule has 0 radical (unpaired) electrons. The predicted octanol–water partition coefficient (Wildman–Crippen LogP) is 6.43. The number of Topliss-reactive ketones (excluding diaryl/α,β-unsaturated/α-hetero) is 1. The van der Waals surface area contributed by atoms with Crippen molar-refractivity contribution < 1.29 is 19.1 Å². The molecule has 0 bridgehead atoms. The van der Waals surface area contributed by atoms with E-state index in [2.05, 4.69) is 48.1 Å². The second-order valence-electron chi connectivity index (χ2n) is 9.61. The highest BCUT2D eigenvalue weighted by Gasteiger charge is 2.43. The summed E-state index contributed by atoms with van der Waals surface area (Å²) in [5, 5.41) is 3.37. The number of methoxy groups -OCH3 is 1. The van der Waals surface area contributed by atoms with Gasteiger partial charge in [0, 0.05) is 43.2 Å². The van der Waals surface area contributed by atoms with E-state index in [1.54, 1.807) is 11.3 Å². The van der Waals surface area contributed by atoms with E-state index >= 15 is 0 Å². The molecule has 1 atom stereocenters. The van der Waals surface area contributed by atoms with Crippen LogP contribution in [0.4, 0.5) is 0 Å². The molecule has 1 aromatic carbocycles. The zero-order chi connectivity index (χ0) is 24.6. The number of hydrogen-bond acceptors (Lipinski definition) is 6. The van der Waals surface area contributed by atoms with Gasteiger partial charge in [0.25, 0.3) is 0 Å². The number of carbonyl (C=O) groups is 2. The summed E-state index contributed by atoms with van der Waals surface area (Å²) in [6.07, 6.45) is 2.07. The summed E-state index contributed by atoms with van der Waals surface area (Å²) in [6.45, 7) is 8.65. The summed E-state index contributed by atoms with van der Waals surface area (Å²) < 4.78 is 12.2. The van der Waals surface area contributed by atoms with Gasteiger partial charge in [-0.25, -0.2) is 4.79 Å². The van der Waals surface area contributed by atoms with Crippen molar-refractivity contribution in [1.82, 2.24) is 5.32 Å². The first kappa shape index (κ1) is 24.7. The highest BCUT2D eigenvalue weighted by atomic mass is 79.9. The Kier molecular flexibility index (Phi) is 7.06. The molecule has 5 nitrogen and oxygen atoms in total. The van der Waals surface area contributed by atoms with E-state index in [0.717, 1.165) is 44.9 Å². The maximum Gasteiger partial charge on any atom is 0.336 e. The molecule has 1 aliphatic heterocycles. The maximum absolute atomic E-state index is 13.4. The average Bonchev–Trinajstić information content (AvgIpc) is 3.19. The molecule has 1 aromatic heterocycles. The fourth-order valence-corrected chi connectivity index (χ4v) is 6.34. The molecule has 0 saturated carbocycles. The third-order valence-electron chi connectivity index (χ3n) is 6.37. The number of dihydropyridines is 1. The van der Waals surface area contributed by atoms with Crippen LogP contribution in [-0.2, 0) is 27.4 Å². The van der Waals surface area contributed by atoms with Gasteiger partial charge < -0.3 is 14.8 Å². The Bertz CT molecular complexity index is 1190. The number of rotatable bonds is 6. The number of benzene rings is 1. The molecule has 2 aliphatic rings. The Balaban J connectivity index is 1.75. The standard InChI is InChI=1S/C27H30BrNO4S/c1-6-21-16(14-33-18-9-7-17(28)8-10-18)11-22(34-21)25-23(26(31)32-5)15(2)29-19-12-27(3,4)13-20(30)24(19)25/h7-11,25,29H,6,12-14H2,1-5H3. The third kappa shape index (κ3) is 4.86. The predicted molar refractivity (Wildman–Crippen MR) is 138 cm³/mol. The van der Waals surface area contributed by atoms with Crippen LogP contribution in [-0.4, -0.2) is 18.9 Å². The SMILES string of the molecule is CCc1sc(C2C(C(=O)OC)=C(C)NC3=C2C(=O)CC(C)(C)C3)cc1COc1ccc(Br)cc1. The first-order valence-electron chi connectivity index (χ1n) is 11.5. The molecule has 2 aromatic rings. The lowest BCUT2D eigenvalue weighted by Gasteiger charge is -2.39. The van der Waals surface area contributed by atoms with E-state index in [0.29, 0.717) is 24.2 Å². The van der Waals surface area contributed by atoms with Gasteiger partial charge in [0.15, 0.2) is 5.78 Å². The van der Waals surface area contributed by atoms with Crippen molar-refractivity contribution in [2.24, 2.45) is 5.41 Å². The molecule has 180 valence electrons. The fraction of sp³-hybridized carbons (Fsp3) is 0.407. The van der Waals surface area contributed by atoms with Crippen LogP contribution in [0.3, 0.4) is 0 Å². The lowest BCUT2D eigenvalue weighted by molar-refractivity contribution is -0.136. The fourth-order valence-electron chi connectivity index (χ4n) is 4.85. The van der Waals surface area contributed by atoms with Crippen LogP contribution in [0.2, 0.25) is 0 Å². The van der Waals surface area contributed by atoms with Crippen molar-refractivity contribution in [1.29, 1.82) is 0 Å². The number of aryl methyl sites for hydroxylation is 1. The molecule has 1 aliphatic carbocycles. The van der Waals surface area contributed by atoms with E-state index < -0.39 is 11.9 Å². The number of esters is 1. The molecule has 1 N–H and O–H groups in total. The van der Waals surface area contributed by atoms with Crippen molar-refractivity contribution in [3.63, 3.8) is 0 Å². The Hall–Kier alpha value is -2.38. The summed E-state index contributed by atoms with van der Waals surface area (Å²) in [5.74, 6) is 0.0552. The Morgan fingerprint density at radius 1 is 1.24 bits per heavy atom. The first-order chi connectivity index (χ1) is 16.1. The molecule has 0 saturated heterocycles. The number of carbonyl (C=O) groups excluding carboxylic acids is 2. The number of allylic oxidation sites excluding steroid dienone is 3. The lowest BCUT2D eigenvalue weighted by atomic mass is 9.70. The van der Waals surface area contributed by atoms with Gasteiger partial charge >= 0.3 is 5.97 Å². The largest absolute Gasteiger partial charge is 0.489 e. The van der Waals surface area contributed by atoms with E-state index in [1.165, 1.54) is 12.0 Å². The number of ether oxygens (including phenoxy) is 2. The minimum atomic E-state index is -0.427. The van der Waals surface area contributed by atoms with Gasteiger partial charge in [0.2, 0.25) is 0 Å². The highest BCUT2D eigenvalue weighted by molar-refractivity contribution is 9.10. The number of halogens is 1. The molecular formula is C27H30BrNO4S. The topological polar surface area (TPSA) is 64.6 Å². The Labute approximate surface area is 213 Å². The van der Waals surface area contributed by atoms with Crippen LogP contribution in [0.5, 0.6) is 5.75 Å². The maximum atomic E-state index is 13.4. The van der Waals surface area contributed by atoms with Gasteiger partial charge in [-0.15, -0.1) is 11.3 Å². The lowest BCUT2D eigenvalue weighted by Crippen LogP contribution is -2.38. The van der Waals surface area contributed by atoms with Crippen molar-refractivity contribution in [2.45, 2.75) is 59.5 Å². The quantitative estimate of drug-likeness (QED) is 0.425. The van der Waals surface area contributed by atoms with Gasteiger partial charge in [0.05, 0.1) is 18.6 Å². The third-order valence-corrected chi connectivity index (χ3v) is 8.29. The van der Waals surface area contributed by atoms with Crippen LogP contribution >= 0.6 is 27.3 Å². The van der Waals surface area contributed by atoms with Crippen LogP contribution < -0.4 is 10.1 Å². The van der Waals surface area contributed by atoms with Gasteiger partial charge in [0.1, 0.15) is 12.4 Å². The minimum Gasteiger partial charge on any atom is -0.489 e. The summed E-state index contributed by atoms with van der Waals surface area (Å²) in [5.41, 5.74) is 3.85. The zero-order valence-electron chi connectivity index (χ0n) is 20.2. The van der Waals surface area contributed by atoms with Gasteiger partial charge in [-0.05, 0) is 55.5 Å². The van der Waals surface area contributed by atoms with Crippen LogP contribution in [0.25, 0.3) is 0 Å². The summed E-state index contributed by atoms with van der Waals surface area (Å²) in [7, 11) is 1.39. The van der Waals surface area contributed by atoms with Gasteiger partial charge in [-0.1, -0.05) is 36.7 Å². The van der Waals surface area contributed by atoms with E-state index in [9.17, 15) is 9.59 Å². The van der Waals surface area contributed by atoms with Crippen molar-refractivity contribution >= 4 is 39.0 Å². The van der Waals surface area contributed by atoms with Gasteiger partial charge in [-0.2, -0.15) is 0 Å². The summed E-state index contributed by atoms with van der Waals surface area (Å²) >= 11 is 5.10. The molecule has 1 unspecified atom stereocenters. The number of nitrogens with one attached hydrogen (secondary N) is 1. The molecule has 2 heterocycles. The molecule has 34 heavy (non-hydrogen) atoms. The van der Waals surface area contributed by atoms with E-state index in [1.807, 2.05) is 31.2 Å². The van der Waals surface area contributed by atoms with Crippen LogP contribution in [0.15, 0.2) is 57.3 Å². The molecule has 7 heteroatoms. The number of thiophene rings is 1. The van der Waals surface area contributed by atoms with Crippen molar-refractivity contribution in [3.05, 3.63) is 72.7 Å².